The molecular weight excluding hydrogens is 374 g/mol. The van der Waals surface area contributed by atoms with Crippen molar-refractivity contribution < 1.29 is 4.74 Å². The van der Waals surface area contributed by atoms with Crippen LogP contribution in [0.4, 0.5) is 0 Å². The molecule has 1 unspecified atom stereocenters. The van der Waals surface area contributed by atoms with E-state index >= 15 is 0 Å². The van der Waals surface area contributed by atoms with E-state index < -0.39 is 0 Å². The largest absolute Gasteiger partial charge is 0.383 e. The molecule has 1 N–H and O–H groups in total. The van der Waals surface area contributed by atoms with Crippen LogP contribution in [0.5, 0.6) is 0 Å². The number of halogens is 2. The van der Waals surface area contributed by atoms with E-state index in [0.29, 0.717) is 18.2 Å². The highest BCUT2D eigenvalue weighted by molar-refractivity contribution is 9.11. The molecule has 0 spiro atoms. The van der Waals surface area contributed by atoms with Crippen LogP contribution in [0.1, 0.15) is 30.0 Å². The molecule has 0 bridgehead atoms. The van der Waals surface area contributed by atoms with E-state index in [4.69, 9.17) is 16.3 Å². The molecular formula is C14H19BrClN3OS. The van der Waals surface area contributed by atoms with Gasteiger partial charge >= 0.3 is 0 Å². The first-order valence-electron chi connectivity index (χ1n) is 6.86. The normalized spacial score (nSPS) is 12.8. The highest BCUT2D eigenvalue weighted by Crippen LogP contribution is 2.34. The van der Waals surface area contributed by atoms with Crippen molar-refractivity contribution in [1.82, 2.24) is 15.1 Å². The molecule has 2 heterocycles. The first-order chi connectivity index (χ1) is 10.2. The zero-order chi connectivity index (χ0) is 15.2. The van der Waals surface area contributed by atoms with Crippen LogP contribution in [0.15, 0.2) is 22.1 Å². The van der Waals surface area contributed by atoms with Crippen LogP contribution in [0.25, 0.3) is 0 Å². The third-order valence-corrected chi connectivity index (χ3v) is 5.07. The summed E-state index contributed by atoms with van der Waals surface area (Å²) in [6.07, 6.45) is 2.77. The molecule has 21 heavy (non-hydrogen) atoms. The Balaban J connectivity index is 2.33. The first-order valence-corrected chi connectivity index (χ1v) is 8.84. The van der Waals surface area contributed by atoms with Gasteiger partial charge in [-0.25, -0.2) is 0 Å². The molecule has 4 nitrogen and oxygen atoms in total. The molecule has 0 amide bonds. The van der Waals surface area contributed by atoms with Crippen LogP contribution in [0.3, 0.4) is 0 Å². The topological polar surface area (TPSA) is 39.1 Å². The number of rotatable bonds is 8. The highest BCUT2D eigenvalue weighted by atomic mass is 79.9. The third kappa shape index (κ3) is 4.29. The smallest absolute Gasteiger partial charge is 0.0857 e. The van der Waals surface area contributed by atoms with Gasteiger partial charge in [0.05, 0.1) is 39.9 Å². The Labute approximate surface area is 142 Å². The molecule has 2 aromatic heterocycles. The Bertz CT molecular complexity index is 572. The Kier molecular flexibility index (Phi) is 6.70. The van der Waals surface area contributed by atoms with E-state index in [2.05, 4.69) is 45.4 Å². The van der Waals surface area contributed by atoms with Gasteiger partial charge in [0.1, 0.15) is 0 Å². The fourth-order valence-electron chi connectivity index (χ4n) is 2.12. The van der Waals surface area contributed by atoms with Gasteiger partial charge in [0.15, 0.2) is 0 Å². The van der Waals surface area contributed by atoms with Crippen LogP contribution in [0, 0.1) is 0 Å². The first kappa shape index (κ1) is 17.0. The summed E-state index contributed by atoms with van der Waals surface area (Å²) in [6, 6.07) is 4.23. The van der Waals surface area contributed by atoms with Crippen molar-refractivity contribution in [2.45, 2.75) is 25.9 Å². The predicted molar refractivity (Wildman–Crippen MR) is 91.3 cm³/mol. The van der Waals surface area contributed by atoms with Gasteiger partial charge in [0.25, 0.3) is 0 Å². The van der Waals surface area contributed by atoms with Crippen molar-refractivity contribution in [3.63, 3.8) is 0 Å². The van der Waals surface area contributed by atoms with Crippen LogP contribution >= 0.6 is 38.9 Å². The predicted octanol–water partition coefficient (Wildman–Crippen LogP) is 4.10. The molecule has 2 rings (SSSR count). The van der Waals surface area contributed by atoms with Gasteiger partial charge in [-0.05, 0) is 41.0 Å². The summed E-state index contributed by atoms with van der Waals surface area (Å²) in [6.45, 7) is 4.37. The minimum absolute atomic E-state index is 0.0492. The van der Waals surface area contributed by atoms with Crippen molar-refractivity contribution >= 4 is 38.9 Å². The van der Waals surface area contributed by atoms with Crippen molar-refractivity contribution in [3.05, 3.63) is 37.7 Å². The summed E-state index contributed by atoms with van der Waals surface area (Å²) < 4.78 is 8.19. The Morgan fingerprint density at radius 3 is 2.95 bits per heavy atom. The van der Waals surface area contributed by atoms with Crippen LogP contribution in [0.2, 0.25) is 5.02 Å². The van der Waals surface area contributed by atoms with Crippen LogP contribution < -0.4 is 5.32 Å². The molecule has 2 aromatic rings. The zero-order valence-corrected chi connectivity index (χ0v) is 15.3. The summed E-state index contributed by atoms with van der Waals surface area (Å²) in [5, 5.41) is 8.62. The second-order valence-electron chi connectivity index (χ2n) is 4.62. The van der Waals surface area contributed by atoms with Crippen molar-refractivity contribution in [1.29, 1.82) is 0 Å². The average molecular weight is 393 g/mol. The summed E-state index contributed by atoms with van der Waals surface area (Å²) in [4.78, 5) is 1.22. The van der Waals surface area contributed by atoms with Crippen LogP contribution in [-0.2, 0) is 11.3 Å². The molecule has 1 atom stereocenters. The van der Waals surface area contributed by atoms with Gasteiger partial charge in [-0.1, -0.05) is 18.5 Å². The maximum atomic E-state index is 6.38. The Morgan fingerprint density at radius 2 is 2.33 bits per heavy atom. The lowest BCUT2D eigenvalue weighted by atomic mass is 10.1. The molecule has 7 heteroatoms. The number of nitrogens with zero attached hydrogens (tertiary/aromatic N) is 2. The highest BCUT2D eigenvalue weighted by Gasteiger charge is 2.23. The number of aromatic nitrogens is 2. The van der Waals surface area contributed by atoms with Gasteiger partial charge in [0.2, 0.25) is 0 Å². The lowest BCUT2D eigenvalue weighted by Gasteiger charge is -2.19. The molecule has 0 aliphatic heterocycles. The molecule has 116 valence electrons. The maximum Gasteiger partial charge on any atom is 0.0857 e. The Hall–Kier alpha value is -0.400. The molecule has 0 fully saturated rings. The van der Waals surface area contributed by atoms with Crippen molar-refractivity contribution in [3.8, 4) is 0 Å². The number of ether oxygens (including phenoxy) is 1. The second kappa shape index (κ2) is 8.29. The third-order valence-electron chi connectivity index (χ3n) is 3.09. The van der Waals surface area contributed by atoms with E-state index in [0.717, 1.165) is 22.4 Å². The van der Waals surface area contributed by atoms with Crippen molar-refractivity contribution in [2.24, 2.45) is 0 Å². The van der Waals surface area contributed by atoms with Gasteiger partial charge in [-0.2, -0.15) is 5.10 Å². The van der Waals surface area contributed by atoms with Crippen molar-refractivity contribution in [2.75, 3.05) is 20.3 Å². The molecule has 0 aromatic carbocycles. The lowest BCUT2D eigenvalue weighted by Crippen LogP contribution is -2.26. The number of hydrogen-bond acceptors (Lipinski definition) is 4. The van der Waals surface area contributed by atoms with E-state index in [1.807, 2.05) is 4.68 Å². The van der Waals surface area contributed by atoms with Gasteiger partial charge < -0.3 is 10.1 Å². The number of thiophene rings is 1. The fraction of sp³-hybridized carbons (Fsp3) is 0.500. The summed E-state index contributed by atoms with van der Waals surface area (Å²) in [5.41, 5.74) is 0.997. The summed E-state index contributed by atoms with van der Waals surface area (Å²) in [7, 11) is 1.69. The van der Waals surface area contributed by atoms with Gasteiger partial charge in [-0.15, -0.1) is 11.3 Å². The minimum atomic E-state index is 0.0492. The molecule has 0 aliphatic rings. The molecule has 0 saturated carbocycles. The lowest BCUT2D eigenvalue weighted by molar-refractivity contribution is 0.182. The minimum Gasteiger partial charge on any atom is -0.383 e. The van der Waals surface area contributed by atoms with Gasteiger partial charge in [0, 0.05) is 12.0 Å². The molecule has 0 saturated heterocycles. The van der Waals surface area contributed by atoms with E-state index in [1.54, 1.807) is 24.6 Å². The SMILES string of the molecule is CCCNC(c1ccc(Br)s1)c1c(Cl)cnn1CCOC. The van der Waals surface area contributed by atoms with Gasteiger partial charge in [-0.3, -0.25) is 4.68 Å². The number of nitrogens with one attached hydrogen (secondary N) is 1. The molecule has 0 radical (unpaired) electrons. The van der Waals surface area contributed by atoms with E-state index in [-0.39, 0.29) is 6.04 Å². The fourth-order valence-corrected chi connectivity index (χ4v) is 3.87. The summed E-state index contributed by atoms with van der Waals surface area (Å²) >= 11 is 11.6. The monoisotopic (exact) mass is 391 g/mol. The Morgan fingerprint density at radius 1 is 1.52 bits per heavy atom. The standard InChI is InChI=1S/C14H19BrClN3OS/c1-3-6-17-13(11-4-5-12(15)21-11)14-10(16)9-18-19(14)7-8-20-2/h4-5,9,13,17H,3,6-8H2,1-2H3. The average Bonchev–Trinajstić information content (AvgIpc) is 3.05. The van der Waals surface area contributed by atoms with Crippen LogP contribution in [-0.4, -0.2) is 30.0 Å². The zero-order valence-electron chi connectivity index (χ0n) is 12.1. The second-order valence-corrected chi connectivity index (χ2v) is 7.52. The number of hydrogen-bond donors (Lipinski definition) is 1. The summed E-state index contributed by atoms with van der Waals surface area (Å²) in [5.74, 6) is 0. The molecule has 0 aliphatic carbocycles. The maximum absolute atomic E-state index is 6.38. The number of methoxy groups -OCH3 is 1. The quantitative estimate of drug-likeness (QED) is 0.735. The van der Waals surface area contributed by atoms with E-state index in [9.17, 15) is 0 Å². The van der Waals surface area contributed by atoms with E-state index in [1.165, 1.54) is 4.88 Å².